The number of fused-ring (bicyclic) bond motifs is 2. The molecule has 41 heavy (non-hydrogen) atoms. The minimum absolute atomic E-state index is 0. The van der Waals surface area contributed by atoms with Crippen molar-refractivity contribution in [1.29, 1.82) is 0 Å². The summed E-state index contributed by atoms with van der Waals surface area (Å²) in [5, 5.41) is 9.83. The van der Waals surface area contributed by atoms with Gasteiger partial charge in [-0.1, -0.05) is 0 Å². The maximum absolute atomic E-state index is 2.45. The molecule has 0 N–H and O–H groups in total. The van der Waals surface area contributed by atoms with Crippen molar-refractivity contribution in [3.05, 3.63) is 109 Å². The summed E-state index contributed by atoms with van der Waals surface area (Å²) in [6.45, 7) is 4.68. The van der Waals surface area contributed by atoms with Crippen molar-refractivity contribution in [1.82, 2.24) is 0 Å². The quantitative estimate of drug-likeness (QED) is 0.134. The third-order valence-corrected chi connectivity index (χ3v) is 18.1. The molecule has 0 aliphatic heterocycles. The van der Waals surface area contributed by atoms with E-state index in [0.717, 1.165) is 0 Å². The fourth-order valence-corrected chi connectivity index (χ4v) is 18.5. The summed E-state index contributed by atoms with van der Waals surface area (Å²) in [6.07, 6.45) is 7.74. The van der Waals surface area contributed by atoms with E-state index < -0.39 is 23.2 Å². The molecule has 0 aliphatic rings. The van der Waals surface area contributed by atoms with E-state index in [1.165, 1.54) is 49.1 Å². The predicted octanol–water partition coefficient (Wildman–Crippen LogP) is 11.8. The zero-order valence-electron chi connectivity index (χ0n) is 23.8. The van der Waals surface area contributed by atoms with E-state index in [0.29, 0.717) is 0 Å². The normalized spacial score (nSPS) is 11.8. The van der Waals surface area contributed by atoms with Gasteiger partial charge in [-0.25, -0.2) is 0 Å². The van der Waals surface area contributed by atoms with E-state index in [1.807, 2.05) is 0 Å². The fourth-order valence-electron chi connectivity index (χ4n) is 5.87. The van der Waals surface area contributed by atoms with Crippen LogP contribution in [0.15, 0.2) is 109 Å². The van der Waals surface area contributed by atoms with Gasteiger partial charge >= 0.3 is 249 Å². The van der Waals surface area contributed by atoms with E-state index in [-0.39, 0.29) is 39.9 Å². The third kappa shape index (κ3) is 6.52. The Bertz CT molecular complexity index is 1580. The monoisotopic (exact) mass is 692 g/mol. The largest absolute Gasteiger partial charge is 0.147 e. The van der Waals surface area contributed by atoms with Crippen LogP contribution in [-0.2, 0) is 35.6 Å². The minimum Gasteiger partial charge on any atom is -0.147 e. The first-order valence-corrected chi connectivity index (χ1v) is 19.9. The first kappa shape index (κ1) is 32.3. The van der Waals surface area contributed by atoms with Gasteiger partial charge in [0.2, 0.25) is 0 Å². The molecule has 0 saturated carbocycles. The van der Waals surface area contributed by atoms with E-state index in [1.54, 1.807) is 38.1 Å². The van der Waals surface area contributed by atoms with Gasteiger partial charge in [0.25, 0.3) is 0 Å². The second kappa shape index (κ2) is 15.2. The van der Waals surface area contributed by atoms with Crippen molar-refractivity contribution in [3.8, 4) is 21.7 Å². The molecule has 6 rings (SSSR count). The first-order chi connectivity index (χ1) is 19.3. The smallest absolute Gasteiger partial charge is 0.147 e. The molecule has 0 bridgehead atoms. The number of rotatable bonds is 10. The van der Waals surface area contributed by atoms with Gasteiger partial charge in [0.1, 0.15) is 0 Å². The molecular formula is C36H38Cl2P2Zr. The summed E-state index contributed by atoms with van der Waals surface area (Å²) in [4.78, 5) is 0. The van der Waals surface area contributed by atoms with Crippen molar-refractivity contribution >= 4 is 67.4 Å². The van der Waals surface area contributed by atoms with Crippen LogP contribution in [0.25, 0.3) is 42.7 Å². The number of halogens is 2. The van der Waals surface area contributed by atoms with Crippen LogP contribution in [0.5, 0.6) is 0 Å². The van der Waals surface area contributed by atoms with Crippen LogP contribution in [0.3, 0.4) is 0 Å². The Morgan fingerprint density at radius 3 is 1.24 bits per heavy atom. The molecule has 0 nitrogen and oxygen atoms in total. The molecular weight excluding hydrogens is 656 g/mol. The Labute approximate surface area is 271 Å². The predicted molar refractivity (Wildman–Crippen MR) is 188 cm³/mol. The molecule has 2 atom stereocenters. The summed E-state index contributed by atoms with van der Waals surface area (Å²) >= 11 is -1.15. The minimum atomic E-state index is -1.15. The van der Waals surface area contributed by atoms with Crippen molar-refractivity contribution in [2.75, 3.05) is 0 Å². The van der Waals surface area contributed by atoms with Crippen molar-refractivity contribution in [3.63, 3.8) is 0 Å². The maximum atomic E-state index is 2.45. The van der Waals surface area contributed by atoms with Gasteiger partial charge in [0, 0.05) is 0 Å². The van der Waals surface area contributed by atoms with Crippen molar-refractivity contribution in [2.45, 2.75) is 51.9 Å². The molecule has 0 amide bonds. The van der Waals surface area contributed by atoms with E-state index in [2.05, 4.69) is 123 Å². The Morgan fingerprint density at radius 1 is 0.488 bits per heavy atom. The van der Waals surface area contributed by atoms with Gasteiger partial charge < -0.3 is 0 Å². The van der Waals surface area contributed by atoms with Gasteiger partial charge in [-0.3, -0.25) is 0 Å². The number of aryl methyl sites for hydroxylation is 2. The van der Waals surface area contributed by atoms with Gasteiger partial charge in [-0.05, 0) is 0 Å². The molecule has 210 valence electrons. The summed E-state index contributed by atoms with van der Waals surface area (Å²) in [5.41, 5.74) is 2.93. The summed E-state index contributed by atoms with van der Waals surface area (Å²) in [7, 11) is -0.635. The second-order valence-corrected chi connectivity index (χ2v) is 17.9. The average molecular weight is 695 g/mol. The number of hydrogen-bond acceptors (Lipinski definition) is 0. The Morgan fingerprint density at radius 2 is 0.854 bits per heavy atom. The Kier molecular flexibility index (Phi) is 12.0. The molecule has 2 aromatic heterocycles. The molecule has 2 heterocycles. The van der Waals surface area contributed by atoms with Crippen LogP contribution in [0.2, 0.25) is 0 Å². The summed E-state index contributed by atoms with van der Waals surface area (Å²) in [5.74, 6) is 0. The molecule has 0 aliphatic carbocycles. The van der Waals surface area contributed by atoms with Crippen LogP contribution in [0, 0.1) is 0 Å². The van der Waals surface area contributed by atoms with Crippen LogP contribution in [0.4, 0.5) is 0 Å². The summed E-state index contributed by atoms with van der Waals surface area (Å²) in [6, 6.07) is 41.8. The molecule has 0 radical (unpaired) electrons. The number of benzene rings is 4. The zero-order chi connectivity index (χ0) is 26.6. The van der Waals surface area contributed by atoms with E-state index in [9.17, 15) is 0 Å². The van der Waals surface area contributed by atoms with Crippen molar-refractivity contribution in [2.24, 2.45) is 0 Å². The Hall–Kier alpha value is -1.58. The first-order valence-electron chi connectivity index (χ1n) is 14.4. The SMILES string of the molecule is CCCCp1c(-c2ccccc2)[c]([Zr][c]2c(-c3ccccc3)p(CCCC)c3ccccc23)c2ccccc21.Cl.Cl. The maximum Gasteiger partial charge on any atom is -0.147 e. The molecule has 0 fully saturated rings. The molecule has 2 unspecified atom stereocenters. The molecule has 4 aromatic carbocycles. The topological polar surface area (TPSA) is 0 Å². The van der Waals surface area contributed by atoms with Crippen LogP contribution in [0.1, 0.15) is 39.5 Å². The molecule has 6 aromatic rings. The van der Waals surface area contributed by atoms with Crippen LogP contribution < -0.4 is 6.54 Å². The summed E-state index contributed by atoms with van der Waals surface area (Å²) < 4.78 is 3.49. The number of hydrogen-bond donors (Lipinski definition) is 0. The molecule has 5 heteroatoms. The van der Waals surface area contributed by atoms with Crippen LogP contribution >= 0.6 is 39.9 Å². The zero-order valence-corrected chi connectivity index (χ0v) is 29.7. The second-order valence-electron chi connectivity index (χ2n) is 10.3. The van der Waals surface area contributed by atoms with Gasteiger partial charge in [-0.2, -0.15) is 0 Å². The van der Waals surface area contributed by atoms with Gasteiger partial charge in [0.05, 0.1) is 0 Å². The standard InChI is InChI=1S/2C18H18P.2ClH.Zr/c2*1-2-3-13-19-17-12-8-7-11-16(17)14-18(19)15-9-5-4-6-10-15;;;/h2*4-12H,2-3,13H2,1H3;2*1H;. The van der Waals surface area contributed by atoms with Crippen molar-refractivity contribution < 1.29 is 23.2 Å². The average Bonchev–Trinajstić information content (AvgIpc) is 3.48. The third-order valence-electron chi connectivity index (χ3n) is 7.76. The van der Waals surface area contributed by atoms with E-state index in [4.69, 9.17) is 0 Å². The fraction of sp³-hybridized carbons (Fsp3) is 0.222. The van der Waals surface area contributed by atoms with Gasteiger partial charge in [-0.15, -0.1) is 24.8 Å². The van der Waals surface area contributed by atoms with Gasteiger partial charge in [0.15, 0.2) is 0 Å². The molecule has 0 spiro atoms. The van der Waals surface area contributed by atoms with Crippen LogP contribution in [-0.4, -0.2) is 0 Å². The van der Waals surface area contributed by atoms with E-state index >= 15 is 0 Å². The Balaban J connectivity index is 0.00000194. The molecule has 0 saturated heterocycles. The number of unbranched alkanes of at least 4 members (excludes halogenated alkanes) is 2.